The van der Waals surface area contributed by atoms with Gasteiger partial charge in [0.15, 0.2) is 0 Å². The molecule has 2 aromatic carbocycles. The Kier molecular flexibility index (Phi) is 3.40. The maximum Gasteiger partial charge on any atom is 0.251 e. The molecule has 0 spiro atoms. The molecule has 1 N–H and O–H groups in total. The summed E-state index contributed by atoms with van der Waals surface area (Å²) in [5, 5.41) is 2.33. The van der Waals surface area contributed by atoms with E-state index in [1.54, 1.807) is 24.3 Å². The van der Waals surface area contributed by atoms with Crippen LogP contribution in [-0.2, 0) is 0 Å². The summed E-state index contributed by atoms with van der Waals surface area (Å²) < 4.78 is 5.61. The van der Waals surface area contributed by atoms with E-state index in [0.717, 1.165) is 5.75 Å². The SMILES string of the molecule is [CH2]NC(=O)c1cccc(Oc2ccccc2)c1. The highest BCUT2D eigenvalue weighted by atomic mass is 16.5. The Morgan fingerprint density at radius 1 is 1.00 bits per heavy atom. The first kappa shape index (κ1) is 11.2. The van der Waals surface area contributed by atoms with E-state index in [9.17, 15) is 4.79 Å². The van der Waals surface area contributed by atoms with E-state index >= 15 is 0 Å². The van der Waals surface area contributed by atoms with Crippen LogP contribution in [0.4, 0.5) is 0 Å². The van der Waals surface area contributed by atoms with Crippen LogP contribution in [0.15, 0.2) is 54.6 Å². The zero-order chi connectivity index (χ0) is 12.1. The van der Waals surface area contributed by atoms with Gasteiger partial charge in [0, 0.05) is 12.6 Å². The molecule has 0 bridgehead atoms. The van der Waals surface area contributed by atoms with Gasteiger partial charge < -0.3 is 10.1 Å². The van der Waals surface area contributed by atoms with Gasteiger partial charge >= 0.3 is 0 Å². The van der Waals surface area contributed by atoms with E-state index in [2.05, 4.69) is 12.4 Å². The Labute approximate surface area is 100 Å². The summed E-state index contributed by atoms with van der Waals surface area (Å²) in [5.41, 5.74) is 0.522. The molecule has 0 aliphatic heterocycles. The van der Waals surface area contributed by atoms with Gasteiger partial charge in [0.25, 0.3) is 5.91 Å². The lowest BCUT2D eigenvalue weighted by atomic mass is 10.2. The summed E-state index contributed by atoms with van der Waals surface area (Å²) in [6.45, 7) is 0. The maximum atomic E-state index is 11.4. The van der Waals surface area contributed by atoms with Crippen molar-refractivity contribution in [2.75, 3.05) is 0 Å². The molecule has 2 aromatic rings. The van der Waals surface area contributed by atoms with Crippen molar-refractivity contribution in [2.45, 2.75) is 0 Å². The summed E-state index contributed by atoms with van der Waals surface area (Å²) in [5.74, 6) is 1.13. The molecule has 2 rings (SSSR count). The Bertz CT molecular complexity index is 509. The van der Waals surface area contributed by atoms with Gasteiger partial charge in [-0.3, -0.25) is 4.79 Å². The van der Waals surface area contributed by atoms with Gasteiger partial charge in [0.2, 0.25) is 0 Å². The van der Waals surface area contributed by atoms with Crippen molar-refractivity contribution in [1.29, 1.82) is 0 Å². The number of ether oxygens (including phenoxy) is 1. The fraction of sp³-hybridized carbons (Fsp3) is 0. The van der Waals surface area contributed by atoms with Gasteiger partial charge in [-0.15, -0.1) is 0 Å². The lowest BCUT2D eigenvalue weighted by molar-refractivity contribution is 0.0968. The molecule has 0 aliphatic carbocycles. The average Bonchev–Trinajstić information content (AvgIpc) is 2.39. The van der Waals surface area contributed by atoms with E-state index in [1.165, 1.54) is 0 Å². The quantitative estimate of drug-likeness (QED) is 0.873. The molecule has 17 heavy (non-hydrogen) atoms. The third-order valence-corrected chi connectivity index (χ3v) is 2.24. The summed E-state index contributed by atoms with van der Waals surface area (Å²) in [6.07, 6.45) is 0. The predicted octanol–water partition coefficient (Wildman–Crippen LogP) is 3.00. The summed E-state index contributed by atoms with van der Waals surface area (Å²) in [7, 11) is 3.34. The first-order chi connectivity index (χ1) is 8.29. The number of hydrogen-bond acceptors (Lipinski definition) is 2. The number of hydrogen-bond donors (Lipinski definition) is 1. The number of carbonyl (C=O) groups excluding carboxylic acids is 1. The first-order valence-corrected chi connectivity index (χ1v) is 5.20. The van der Waals surface area contributed by atoms with Gasteiger partial charge in [0.05, 0.1) is 0 Å². The third-order valence-electron chi connectivity index (χ3n) is 2.24. The molecule has 0 atom stereocenters. The van der Waals surface area contributed by atoms with E-state index in [4.69, 9.17) is 4.74 Å². The van der Waals surface area contributed by atoms with Crippen LogP contribution < -0.4 is 10.1 Å². The molecule has 0 unspecified atom stereocenters. The smallest absolute Gasteiger partial charge is 0.251 e. The number of rotatable bonds is 3. The van der Waals surface area contributed by atoms with Crippen LogP contribution >= 0.6 is 0 Å². The minimum atomic E-state index is -0.233. The average molecular weight is 226 g/mol. The molecule has 0 saturated heterocycles. The van der Waals surface area contributed by atoms with Crippen LogP contribution in [0.5, 0.6) is 11.5 Å². The molecule has 3 nitrogen and oxygen atoms in total. The van der Waals surface area contributed by atoms with Gasteiger partial charge in [-0.25, -0.2) is 0 Å². The predicted molar refractivity (Wildman–Crippen MR) is 65.8 cm³/mol. The fourth-order valence-electron chi connectivity index (χ4n) is 1.43. The summed E-state index contributed by atoms with van der Waals surface area (Å²) >= 11 is 0. The molecule has 3 heteroatoms. The van der Waals surface area contributed by atoms with Crippen LogP contribution in [0.25, 0.3) is 0 Å². The monoisotopic (exact) mass is 226 g/mol. The lowest BCUT2D eigenvalue weighted by Crippen LogP contribution is -2.15. The van der Waals surface area contributed by atoms with Crippen LogP contribution in [0.3, 0.4) is 0 Å². The standard InChI is InChI=1S/C14H12NO2/c1-15-14(16)11-6-5-9-13(10-11)17-12-7-3-2-4-8-12/h2-10H,1H2,(H,15,16). The normalized spacial score (nSPS) is 9.71. The molecule has 1 amide bonds. The third kappa shape index (κ3) is 2.84. The Morgan fingerprint density at radius 2 is 1.71 bits per heavy atom. The van der Waals surface area contributed by atoms with Crippen LogP contribution in [0.1, 0.15) is 10.4 Å². The molecule has 0 aromatic heterocycles. The number of nitrogens with one attached hydrogen (secondary N) is 1. The Hall–Kier alpha value is -2.29. The van der Waals surface area contributed by atoms with Crippen molar-refractivity contribution in [3.63, 3.8) is 0 Å². The zero-order valence-corrected chi connectivity index (χ0v) is 9.22. The molecule has 0 aliphatic rings. The minimum Gasteiger partial charge on any atom is -0.457 e. The highest BCUT2D eigenvalue weighted by molar-refractivity contribution is 5.94. The van der Waals surface area contributed by atoms with Crippen LogP contribution in [0.2, 0.25) is 0 Å². The summed E-state index contributed by atoms with van der Waals surface area (Å²) in [6, 6.07) is 16.4. The highest BCUT2D eigenvalue weighted by Crippen LogP contribution is 2.21. The summed E-state index contributed by atoms with van der Waals surface area (Å²) in [4.78, 5) is 11.4. The molecular weight excluding hydrogens is 214 g/mol. The van der Waals surface area contributed by atoms with Crippen molar-refractivity contribution in [3.05, 3.63) is 67.2 Å². The van der Waals surface area contributed by atoms with Gasteiger partial charge in [0.1, 0.15) is 11.5 Å². The van der Waals surface area contributed by atoms with Crippen LogP contribution in [-0.4, -0.2) is 5.91 Å². The molecule has 0 fully saturated rings. The van der Waals surface area contributed by atoms with Gasteiger partial charge in [-0.2, -0.15) is 0 Å². The topological polar surface area (TPSA) is 38.3 Å². The second-order valence-electron chi connectivity index (χ2n) is 3.45. The molecule has 0 saturated carbocycles. The number of carbonyl (C=O) groups is 1. The number of amides is 1. The van der Waals surface area contributed by atoms with Crippen molar-refractivity contribution < 1.29 is 9.53 Å². The molecule has 85 valence electrons. The molecular formula is C14H12NO2. The second kappa shape index (κ2) is 5.16. The fourth-order valence-corrected chi connectivity index (χ4v) is 1.43. The van der Waals surface area contributed by atoms with Crippen molar-refractivity contribution in [3.8, 4) is 11.5 Å². The lowest BCUT2D eigenvalue weighted by Gasteiger charge is -2.06. The van der Waals surface area contributed by atoms with E-state index < -0.39 is 0 Å². The minimum absolute atomic E-state index is 0.233. The maximum absolute atomic E-state index is 11.4. The van der Waals surface area contributed by atoms with Gasteiger partial charge in [-0.1, -0.05) is 24.3 Å². The first-order valence-electron chi connectivity index (χ1n) is 5.20. The highest BCUT2D eigenvalue weighted by Gasteiger charge is 2.04. The second-order valence-corrected chi connectivity index (χ2v) is 3.45. The van der Waals surface area contributed by atoms with E-state index in [-0.39, 0.29) is 5.91 Å². The largest absolute Gasteiger partial charge is 0.457 e. The van der Waals surface area contributed by atoms with Crippen molar-refractivity contribution >= 4 is 5.91 Å². The van der Waals surface area contributed by atoms with Gasteiger partial charge in [-0.05, 0) is 30.3 Å². The molecule has 0 heterocycles. The van der Waals surface area contributed by atoms with Crippen molar-refractivity contribution in [1.82, 2.24) is 5.32 Å². The van der Waals surface area contributed by atoms with E-state index in [0.29, 0.717) is 11.3 Å². The number of para-hydroxylation sites is 1. The zero-order valence-electron chi connectivity index (χ0n) is 9.22. The van der Waals surface area contributed by atoms with E-state index in [1.807, 2.05) is 30.3 Å². The van der Waals surface area contributed by atoms with Crippen LogP contribution in [0, 0.1) is 7.05 Å². The van der Waals surface area contributed by atoms with Crippen molar-refractivity contribution in [2.24, 2.45) is 0 Å². The molecule has 1 radical (unpaired) electrons. The number of benzene rings is 2. The Balaban J connectivity index is 2.20. The Morgan fingerprint density at radius 3 is 2.41 bits per heavy atom.